The molecule has 2 heterocycles. The van der Waals surface area contributed by atoms with Crippen LogP contribution in [0.2, 0.25) is 0 Å². The molecule has 2 rings (SSSR count). The zero-order valence-electron chi connectivity index (χ0n) is 9.87. The van der Waals surface area contributed by atoms with E-state index in [0.29, 0.717) is 5.82 Å². The number of aryl methyl sites for hydroxylation is 1. The molecule has 0 saturated heterocycles. The van der Waals surface area contributed by atoms with E-state index in [1.807, 2.05) is 19.1 Å². The van der Waals surface area contributed by atoms with Crippen LogP contribution in [0.1, 0.15) is 5.69 Å². The molecule has 2 aromatic rings. The minimum absolute atomic E-state index is 0.143. The van der Waals surface area contributed by atoms with Gasteiger partial charge in [-0.25, -0.2) is 0 Å². The van der Waals surface area contributed by atoms with Gasteiger partial charge in [-0.3, -0.25) is 14.2 Å². The summed E-state index contributed by atoms with van der Waals surface area (Å²) in [5.41, 5.74) is 0.917. The molecule has 0 unspecified atom stereocenters. The molecule has 0 aromatic carbocycles. The van der Waals surface area contributed by atoms with E-state index in [4.69, 9.17) is 5.26 Å². The fourth-order valence-corrected chi connectivity index (χ4v) is 1.47. The van der Waals surface area contributed by atoms with Gasteiger partial charge >= 0.3 is 0 Å². The van der Waals surface area contributed by atoms with Crippen molar-refractivity contribution in [3.63, 3.8) is 0 Å². The Bertz CT molecular complexity index is 591. The molecule has 1 N–H and O–H groups in total. The number of hydrogen-bond acceptors (Lipinski definition) is 4. The standard InChI is InChI=1S/C11H12N6O/c1-9-2-5-13-17(9)8-11(18)14-10-3-6-16(15-10)7-4-12/h2-3,5-6H,7-8H2,1H3,(H,14,15,18). The van der Waals surface area contributed by atoms with E-state index in [1.54, 1.807) is 23.1 Å². The Balaban J connectivity index is 1.95. The molecule has 0 saturated carbocycles. The van der Waals surface area contributed by atoms with Crippen LogP contribution >= 0.6 is 0 Å². The first-order chi connectivity index (χ1) is 8.69. The van der Waals surface area contributed by atoms with Crippen molar-refractivity contribution in [2.45, 2.75) is 20.0 Å². The fraction of sp³-hybridized carbons (Fsp3) is 0.273. The van der Waals surface area contributed by atoms with Crippen molar-refractivity contribution >= 4 is 11.7 Å². The molecule has 0 aliphatic rings. The predicted molar refractivity (Wildman–Crippen MR) is 63.4 cm³/mol. The molecule has 7 heteroatoms. The van der Waals surface area contributed by atoms with Crippen molar-refractivity contribution in [3.8, 4) is 6.07 Å². The molecular formula is C11H12N6O. The van der Waals surface area contributed by atoms with Gasteiger partial charge in [-0.1, -0.05) is 0 Å². The second-order valence-electron chi connectivity index (χ2n) is 3.74. The minimum Gasteiger partial charge on any atom is -0.308 e. The zero-order valence-corrected chi connectivity index (χ0v) is 9.87. The maximum absolute atomic E-state index is 11.7. The molecule has 0 bridgehead atoms. The molecule has 0 fully saturated rings. The lowest BCUT2D eigenvalue weighted by Gasteiger charge is -2.04. The summed E-state index contributed by atoms with van der Waals surface area (Å²) >= 11 is 0. The van der Waals surface area contributed by atoms with Gasteiger partial charge in [0.25, 0.3) is 0 Å². The second kappa shape index (κ2) is 5.14. The smallest absolute Gasteiger partial charge is 0.247 e. The van der Waals surface area contributed by atoms with E-state index in [2.05, 4.69) is 15.5 Å². The SMILES string of the molecule is Cc1ccnn1CC(=O)Nc1ccn(CC#N)n1. The highest BCUT2D eigenvalue weighted by atomic mass is 16.2. The maximum Gasteiger partial charge on any atom is 0.247 e. The number of rotatable bonds is 4. The zero-order chi connectivity index (χ0) is 13.0. The minimum atomic E-state index is -0.205. The van der Waals surface area contributed by atoms with Crippen LogP contribution in [0.25, 0.3) is 0 Å². The first kappa shape index (κ1) is 11.9. The number of anilines is 1. The summed E-state index contributed by atoms with van der Waals surface area (Å²) in [6.07, 6.45) is 3.28. The number of amides is 1. The largest absolute Gasteiger partial charge is 0.308 e. The highest BCUT2D eigenvalue weighted by Gasteiger charge is 2.07. The van der Waals surface area contributed by atoms with Crippen LogP contribution in [-0.4, -0.2) is 25.5 Å². The number of nitrogens with one attached hydrogen (secondary N) is 1. The number of nitrogens with zero attached hydrogens (tertiary/aromatic N) is 5. The van der Waals surface area contributed by atoms with Crippen molar-refractivity contribution in [3.05, 3.63) is 30.2 Å². The first-order valence-electron chi connectivity index (χ1n) is 5.37. The Morgan fingerprint density at radius 3 is 3.06 bits per heavy atom. The van der Waals surface area contributed by atoms with Crippen molar-refractivity contribution in [2.24, 2.45) is 0 Å². The van der Waals surface area contributed by atoms with Crippen LogP contribution in [0.3, 0.4) is 0 Å². The molecule has 0 aliphatic heterocycles. The average molecular weight is 244 g/mol. The van der Waals surface area contributed by atoms with Gasteiger partial charge < -0.3 is 5.32 Å². The average Bonchev–Trinajstić information content (AvgIpc) is 2.90. The molecule has 0 atom stereocenters. The van der Waals surface area contributed by atoms with Crippen LogP contribution in [0, 0.1) is 18.3 Å². The summed E-state index contributed by atoms with van der Waals surface area (Å²) < 4.78 is 3.05. The Morgan fingerprint density at radius 1 is 1.56 bits per heavy atom. The summed E-state index contributed by atoms with van der Waals surface area (Å²) in [5, 5.41) is 19.2. The normalized spacial score (nSPS) is 10.0. The summed E-state index contributed by atoms with van der Waals surface area (Å²) in [6, 6.07) is 5.44. The topological polar surface area (TPSA) is 88.5 Å². The van der Waals surface area contributed by atoms with E-state index in [9.17, 15) is 4.79 Å². The van der Waals surface area contributed by atoms with E-state index >= 15 is 0 Å². The Kier molecular flexibility index (Phi) is 3.38. The fourth-order valence-electron chi connectivity index (χ4n) is 1.47. The lowest BCUT2D eigenvalue weighted by molar-refractivity contribution is -0.117. The summed E-state index contributed by atoms with van der Waals surface area (Å²) in [5.74, 6) is 0.226. The molecule has 18 heavy (non-hydrogen) atoms. The van der Waals surface area contributed by atoms with Gasteiger partial charge in [-0.05, 0) is 13.0 Å². The molecule has 0 radical (unpaired) electrons. The third-order valence-corrected chi connectivity index (χ3v) is 2.36. The highest BCUT2D eigenvalue weighted by Crippen LogP contribution is 2.03. The third kappa shape index (κ3) is 2.74. The molecule has 0 spiro atoms. The molecule has 2 aromatic heterocycles. The van der Waals surface area contributed by atoms with E-state index in [0.717, 1.165) is 5.69 Å². The lowest BCUT2D eigenvalue weighted by atomic mass is 10.4. The van der Waals surface area contributed by atoms with E-state index < -0.39 is 0 Å². The Hall–Kier alpha value is -2.62. The summed E-state index contributed by atoms with van der Waals surface area (Å²) in [6.45, 7) is 2.18. The third-order valence-electron chi connectivity index (χ3n) is 2.36. The summed E-state index contributed by atoms with van der Waals surface area (Å²) in [7, 11) is 0. The number of nitriles is 1. The van der Waals surface area contributed by atoms with E-state index in [-0.39, 0.29) is 19.0 Å². The lowest BCUT2D eigenvalue weighted by Crippen LogP contribution is -2.20. The molecule has 1 amide bonds. The number of aromatic nitrogens is 4. The van der Waals surface area contributed by atoms with Crippen LogP contribution in [0.15, 0.2) is 24.5 Å². The van der Waals surface area contributed by atoms with Gasteiger partial charge in [0.1, 0.15) is 13.1 Å². The van der Waals surface area contributed by atoms with Crippen LogP contribution in [-0.2, 0) is 17.9 Å². The van der Waals surface area contributed by atoms with Gasteiger partial charge in [0.05, 0.1) is 6.07 Å². The maximum atomic E-state index is 11.7. The van der Waals surface area contributed by atoms with Crippen molar-refractivity contribution in [1.82, 2.24) is 19.6 Å². The molecule has 92 valence electrons. The van der Waals surface area contributed by atoms with Gasteiger partial charge in [-0.2, -0.15) is 15.5 Å². The number of carbonyl (C=O) groups excluding carboxylic acids is 1. The van der Waals surface area contributed by atoms with Gasteiger partial charge in [0.15, 0.2) is 5.82 Å². The Morgan fingerprint density at radius 2 is 2.39 bits per heavy atom. The van der Waals surface area contributed by atoms with Gasteiger partial charge in [0, 0.05) is 24.2 Å². The number of hydrogen-bond donors (Lipinski definition) is 1. The van der Waals surface area contributed by atoms with Gasteiger partial charge in [-0.15, -0.1) is 0 Å². The van der Waals surface area contributed by atoms with Crippen molar-refractivity contribution in [1.29, 1.82) is 5.26 Å². The quantitative estimate of drug-likeness (QED) is 0.850. The highest BCUT2D eigenvalue weighted by molar-refractivity contribution is 5.89. The van der Waals surface area contributed by atoms with E-state index in [1.165, 1.54) is 4.68 Å². The monoisotopic (exact) mass is 244 g/mol. The second-order valence-corrected chi connectivity index (χ2v) is 3.74. The van der Waals surface area contributed by atoms with Gasteiger partial charge in [0.2, 0.25) is 5.91 Å². The number of carbonyl (C=O) groups is 1. The van der Waals surface area contributed by atoms with Crippen molar-refractivity contribution < 1.29 is 4.79 Å². The van der Waals surface area contributed by atoms with Crippen LogP contribution in [0.5, 0.6) is 0 Å². The molecule has 0 aliphatic carbocycles. The first-order valence-corrected chi connectivity index (χ1v) is 5.37. The Labute approximate surface area is 104 Å². The molecule has 7 nitrogen and oxygen atoms in total. The predicted octanol–water partition coefficient (Wildman–Crippen LogP) is 0.550. The van der Waals surface area contributed by atoms with Crippen LogP contribution < -0.4 is 5.32 Å². The summed E-state index contributed by atoms with van der Waals surface area (Å²) in [4.78, 5) is 11.7. The van der Waals surface area contributed by atoms with Crippen LogP contribution in [0.4, 0.5) is 5.82 Å². The van der Waals surface area contributed by atoms with Crippen molar-refractivity contribution in [2.75, 3.05) is 5.32 Å². The molecular weight excluding hydrogens is 232 g/mol.